The number of hydrogen-bond donors (Lipinski definition) is 0. The minimum atomic E-state index is -0.549. The molecule has 0 spiro atoms. The zero-order chi connectivity index (χ0) is 12.1. The maximum Gasteiger partial charge on any atom is 0.166 e. The second-order valence-electron chi connectivity index (χ2n) is 4.53. The van der Waals surface area contributed by atoms with Gasteiger partial charge < -0.3 is 9.47 Å². The van der Waals surface area contributed by atoms with E-state index in [0.29, 0.717) is 32.5 Å². The highest BCUT2D eigenvalue weighted by atomic mass is 16.7. The first-order valence-corrected chi connectivity index (χ1v) is 6.01. The van der Waals surface area contributed by atoms with Gasteiger partial charge in [-0.05, 0) is 12.5 Å². The fourth-order valence-corrected chi connectivity index (χ4v) is 1.98. The Kier molecular flexibility index (Phi) is 3.92. The van der Waals surface area contributed by atoms with Gasteiger partial charge >= 0.3 is 0 Å². The van der Waals surface area contributed by atoms with Crippen LogP contribution in [0.3, 0.4) is 0 Å². The summed E-state index contributed by atoms with van der Waals surface area (Å²) < 4.78 is 10.9. The lowest BCUT2D eigenvalue weighted by molar-refractivity contribution is -0.151. The van der Waals surface area contributed by atoms with Crippen molar-refractivity contribution < 1.29 is 14.3 Å². The third-order valence-corrected chi connectivity index (χ3v) is 3.00. The Balaban J connectivity index is 1.78. The summed E-state index contributed by atoms with van der Waals surface area (Å²) in [6.07, 6.45) is 1.64. The molecule has 1 saturated heterocycles. The lowest BCUT2D eigenvalue weighted by atomic mass is 10.0. The molecule has 1 aliphatic rings. The largest absolute Gasteiger partial charge is 0.348 e. The maximum atomic E-state index is 11.8. The van der Waals surface area contributed by atoms with E-state index < -0.39 is 5.79 Å². The fraction of sp³-hybridized carbons (Fsp3) is 0.500. The highest BCUT2D eigenvalue weighted by Crippen LogP contribution is 2.24. The summed E-state index contributed by atoms with van der Waals surface area (Å²) in [6.45, 7) is 3.16. The summed E-state index contributed by atoms with van der Waals surface area (Å²) in [5.74, 6) is -0.316. The highest BCUT2D eigenvalue weighted by molar-refractivity contribution is 5.80. The Morgan fingerprint density at radius 3 is 2.53 bits per heavy atom. The van der Waals surface area contributed by atoms with Gasteiger partial charge in [0.1, 0.15) is 5.78 Å². The average molecular weight is 234 g/mol. The minimum Gasteiger partial charge on any atom is -0.348 e. The van der Waals surface area contributed by atoms with Crippen LogP contribution in [0.2, 0.25) is 0 Å². The van der Waals surface area contributed by atoms with E-state index >= 15 is 0 Å². The van der Waals surface area contributed by atoms with Gasteiger partial charge in [0.25, 0.3) is 0 Å². The van der Waals surface area contributed by atoms with Crippen LogP contribution < -0.4 is 0 Å². The molecule has 0 aromatic heterocycles. The lowest BCUT2D eigenvalue weighted by Gasteiger charge is -2.21. The van der Waals surface area contributed by atoms with Crippen LogP contribution in [0.25, 0.3) is 0 Å². The van der Waals surface area contributed by atoms with Crippen molar-refractivity contribution in [1.82, 2.24) is 0 Å². The minimum absolute atomic E-state index is 0.233. The van der Waals surface area contributed by atoms with E-state index in [1.54, 1.807) is 0 Å². The molecule has 1 aliphatic heterocycles. The fourth-order valence-electron chi connectivity index (χ4n) is 1.98. The molecule has 0 atom stereocenters. The molecule has 3 heteroatoms. The van der Waals surface area contributed by atoms with Gasteiger partial charge in [0.15, 0.2) is 5.79 Å². The van der Waals surface area contributed by atoms with Gasteiger partial charge in [-0.1, -0.05) is 30.3 Å². The molecule has 2 rings (SSSR count). The predicted molar refractivity (Wildman–Crippen MR) is 64.7 cm³/mol. The van der Waals surface area contributed by atoms with Crippen LogP contribution in [0, 0.1) is 0 Å². The Labute approximate surface area is 102 Å². The molecule has 1 aromatic carbocycles. The van der Waals surface area contributed by atoms with Crippen molar-refractivity contribution in [1.29, 1.82) is 0 Å². The molecule has 0 bridgehead atoms. The molecular formula is C14H18O3. The van der Waals surface area contributed by atoms with Crippen LogP contribution in [-0.4, -0.2) is 24.8 Å². The summed E-state index contributed by atoms with van der Waals surface area (Å²) in [4.78, 5) is 11.8. The van der Waals surface area contributed by atoms with Crippen LogP contribution in [0.15, 0.2) is 30.3 Å². The van der Waals surface area contributed by atoms with E-state index in [2.05, 4.69) is 0 Å². The summed E-state index contributed by atoms with van der Waals surface area (Å²) in [6, 6.07) is 9.81. The molecule has 1 fully saturated rings. The normalized spacial score (nSPS) is 18.2. The quantitative estimate of drug-likeness (QED) is 0.784. The maximum absolute atomic E-state index is 11.8. The number of carbonyl (C=O) groups is 1. The number of hydrogen-bond acceptors (Lipinski definition) is 3. The van der Waals surface area contributed by atoms with Crippen molar-refractivity contribution in [2.75, 3.05) is 13.2 Å². The van der Waals surface area contributed by atoms with Crippen LogP contribution >= 0.6 is 0 Å². The first-order valence-electron chi connectivity index (χ1n) is 6.01. The molecule has 3 nitrogen and oxygen atoms in total. The van der Waals surface area contributed by atoms with Gasteiger partial charge in [0, 0.05) is 19.3 Å². The molecule has 0 unspecified atom stereocenters. The molecule has 1 heterocycles. The van der Waals surface area contributed by atoms with Gasteiger partial charge in [0.2, 0.25) is 0 Å². The molecule has 92 valence electrons. The number of Topliss-reactive ketones (excluding diaryl/α,β-unsaturated/α-hetero) is 1. The topological polar surface area (TPSA) is 35.5 Å². The Morgan fingerprint density at radius 2 is 1.88 bits per heavy atom. The molecule has 0 N–H and O–H groups in total. The van der Waals surface area contributed by atoms with Crippen LogP contribution in [0.4, 0.5) is 0 Å². The van der Waals surface area contributed by atoms with Crippen molar-refractivity contribution in [2.24, 2.45) is 0 Å². The summed E-state index contributed by atoms with van der Waals surface area (Å²) in [7, 11) is 0. The average Bonchev–Trinajstić information content (AvgIpc) is 2.76. The van der Waals surface area contributed by atoms with Crippen molar-refractivity contribution in [3.05, 3.63) is 35.9 Å². The standard InChI is InChI=1S/C14H18O3/c1-14(16-9-10-17-14)8-7-13(15)11-12-5-3-2-4-6-12/h2-6H,7-11H2,1H3. The molecule has 17 heavy (non-hydrogen) atoms. The van der Waals surface area contributed by atoms with Crippen molar-refractivity contribution in [3.8, 4) is 0 Å². The number of ether oxygens (including phenoxy) is 2. The van der Waals surface area contributed by atoms with Crippen molar-refractivity contribution in [2.45, 2.75) is 32.0 Å². The molecule has 0 amide bonds. The number of benzene rings is 1. The SMILES string of the molecule is CC1(CCC(=O)Cc2ccccc2)OCCO1. The smallest absolute Gasteiger partial charge is 0.166 e. The van der Waals surface area contributed by atoms with Crippen LogP contribution in [0.5, 0.6) is 0 Å². The van der Waals surface area contributed by atoms with E-state index in [9.17, 15) is 4.79 Å². The van der Waals surface area contributed by atoms with Crippen molar-refractivity contribution in [3.63, 3.8) is 0 Å². The molecule has 0 aliphatic carbocycles. The van der Waals surface area contributed by atoms with E-state index in [0.717, 1.165) is 5.56 Å². The highest BCUT2D eigenvalue weighted by Gasteiger charge is 2.30. The third-order valence-electron chi connectivity index (χ3n) is 3.00. The van der Waals surface area contributed by atoms with E-state index in [1.165, 1.54) is 0 Å². The Bertz CT molecular complexity index is 366. The number of carbonyl (C=O) groups excluding carboxylic acids is 1. The van der Waals surface area contributed by atoms with Gasteiger partial charge in [-0.2, -0.15) is 0 Å². The monoisotopic (exact) mass is 234 g/mol. The molecular weight excluding hydrogens is 216 g/mol. The first-order chi connectivity index (χ1) is 8.18. The number of ketones is 1. The van der Waals surface area contributed by atoms with E-state index in [1.807, 2.05) is 37.3 Å². The predicted octanol–water partition coefficient (Wildman–Crippen LogP) is 2.34. The summed E-state index contributed by atoms with van der Waals surface area (Å²) >= 11 is 0. The zero-order valence-electron chi connectivity index (χ0n) is 10.1. The van der Waals surface area contributed by atoms with Gasteiger partial charge in [0.05, 0.1) is 13.2 Å². The summed E-state index contributed by atoms with van der Waals surface area (Å²) in [5, 5.41) is 0. The van der Waals surface area contributed by atoms with Crippen LogP contribution in [0.1, 0.15) is 25.3 Å². The van der Waals surface area contributed by atoms with Gasteiger partial charge in [-0.3, -0.25) is 4.79 Å². The zero-order valence-corrected chi connectivity index (χ0v) is 10.1. The lowest BCUT2D eigenvalue weighted by Crippen LogP contribution is -2.26. The van der Waals surface area contributed by atoms with Gasteiger partial charge in [-0.25, -0.2) is 0 Å². The van der Waals surface area contributed by atoms with E-state index in [4.69, 9.17) is 9.47 Å². The van der Waals surface area contributed by atoms with Crippen molar-refractivity contribution >= 4 is 5.78 Å². The van der Waals surface area contributed by atoms with Gasteiger partial charge in [-0.15, -0.1) is 0 Å². The summed E-state index contributed by atoms with van der Waals surface area (Å²) in [5.41, 5.74) is 1.07. The van der Waals surface area contributed by atoms with Crippen LogP contribution in [-0.2, 0) is 20.7 Å². The Morgan fingerprint density at radius 1 is 1.24 bits per heavy atom. The second-order valence-corrected chi connectivity index (χ2v) is 4.53. The van der Waals surface area contributed by atoms with E-state index in [-0.39, 0.29) is 5.78 Å². The second kappa shape index (κ2) is 5.43. The molecule has 1 aromatic rings. The Hall–Kier alpha value is -1.19. The molecule has 0 radical (unpaired) electrons. The number of rotatable bonds is 5. The first kappa shape index (κ1) is 12.3. The third kappa shape index (κ3) is 3.65. The molecule has 0 saturated carbocycles.